The van der Waals surface area contributed by atoms with Gasteiger partial charge in [0.05, 0.1) is 11.6 Å². The number of hydrogen-bond donors (Lipinski definition) is 2. The van der Waals surface area contributed by atoms with E-state index in [1.165, 1.54) is 12.4 Å². The molecule has 0 fully saturated rings. The fourth-order valence-corrected chi connectivity index (χ4v) is 2.95. The molecule has 4 rings (SSSR count). The number of halogens is 3. The van der Waals surface area contributed by atoms with Crippen molar-refractivity contribution < 1.29 is 18.0 Å². The number of carbonyl (C=O) groups is 1. The lowest BCUT2D eigenvalue weighted by Crippen LogP contribution is -2.15. The number of amides is 1. The molecular formula is C20H16F3N7O. The van der Waals surface area contributed by atoms with Crippen molar-refractivity contribution in [2.75, 3.05) is 10.6 Å². The van der Waals surface area contributed by atoms with Gasteiger partial charge in [0.15, 0.2) is 5.65 Å². The zero-order valence-corrected chi connectivity index (χ0v) is 16.4. The Labute approximate surface area is 174 Å². The smallest absolute Gasteiger partial charge is 0.339 e. The summed E-state index contributed by atoms with van der Waals surface area (Å²) in [4.78, 5) is 24.2. The molecule has 0 spiro atoms. The van der Waals surface area contributed by atoms with Gasteiger partial charge in [0.2, 0.25) is 0 Å². The van der Waals surface area contributed by atoms with Crippen molar-refractivity contribution in [3.05, 3.63) is 65.9 Å². The van der Waals surface area contributed by atoms with Gasteiger partial charge >= 0.3 is 6.18 Å². The highest BCUT2D eigenvalue weighted by Gasteiger charge is 2.33. The number of aromatic nitrogens is 5. The number of nitrogens with zero attached hydrogens (tertiary/aromatic N) is 5. The molecule has 0 bridgehead atoms. The zero-order chi connectivity index (χ0) is 22.2. The largest absolute Gasteiger partial charge is 0.433 e. The maximum Gasteiger partial charge on any atom is 0.433 e. The van der Waals surface area contributed by atoms with Crippen LogP contribution < -0.4 is 10.6 Å². The molecular weight excluding hydrogens is 411 g/mol. The molecule has 4 aromatic rings. The molecule has 3 heterocycles. The molecule has 0 saturated heterocycles. The van der Waals surface area contributed by atoms with E-state index in [0.717, 1.165) is 17.1 Å². The molecule has 1 amide bonds. The normalized spacial score (nSPS) is 11.5. The van der Waals surface area contributed by atoms with E-state index in [9.17, 15) is 18.0 Å². The minimum atomic E-state index is -4.63. The summed E-state index contributed by atoms with van der Waals surface area (Å²) in [5.74, 6) is -0.145. The molecule has 1 aromatic carbocycles. The molecule has 0 aliphatic heterocycles. The minimum Gasteiger partial charge on any atom is -0.339 e. The number of alkyl halides is 3. The molecule has 11 heteroatoms. The summed E-state index contributed by atoms with van der Waals surface area (Å²) in [6.45, 7) is 1.87. The van der Waals surface area contributed by atoms with E-state index in [2.05, 4.69) is 30.7 Å². The summed E-state index contributed by atoms with van der Waals surface area (Å²) in [5.41, 5.74) is 1.31. The SMILES string of the molecule is Cc1ccc(NC(=O)c2ccnc(C(F)(F)F)c2)cc1Nc1ncnc2c1cnn2C. The van der Waals surface area contributed by atoms with Gasteiger partial charge in [-0.05, 0) is 36.8 Å². The first-order chi connectivity index (χ1) is 14.7. The number of nitrogens with one attached hydrogen (secondary N) is 2. The van der Waals surface area contributed by atoms with Crippen molar-refractivity contribution in [2.45, 2.75) is 13.1 Å². The quantitative estimate of drug-likeness (QED) is 0.509. The van der Waals surface area contributed by atoms with Gasteiger partial charge in [-0.15, -0.1) is 0 Å². The zero-order valence-electron chi connectivity index (χ0n) is 16.4. The molecule has 8 nitrogen and oxygen atoms in total. The van der Waals surface area contributed by atoms with E-state index in [4.69, 9.17) is 0 Å². The second kappa shape index (κ2) is 7.67. The summed E-state index contributed by atoms with van der Waals surface area (Å²) in [7, 11) is 1.77. The fraction of sp³-hybridized carbons (Fsp3) is 0.150. The van der Waals surface area contributed by atoms with Crippen LogP contribution in [0.25, 0.3) is 11.0 Å². The molecule has 0 aliphatic rings. The Hall–Kier alpha value is -4.02. The number of benzene rings is 1. The van der Waals surface area contributed by atoms with Gasteiger partial charge < -0.3 is 10.6 Å². The van der Waals surface area contributed by atoms with Crippen LogP contribution in [0.1, 0.15) is 21.6 Å². The van der Waals surface area contributed by atoms with E-state index in [0.29, 0.717) is 28.9 Å². The van der Waals surface area contributed by atoms with Crippen LogP contribution in [0.15, 0.2) is 49.1 Å². The van der Waals surface area contributed by atoms with Crippen molar-refractivity contribution in [1.29, 1.82) is 0 Å². The van der Waals surface area contributed by atoms with Crippen molar-refractivity contribution in [3.8, 4) is 0 Å². The number of pyridine rings is 1. The molecule has 0 aliphatic carbocycles. The Morgan fingerprint density at radius 1 is 1.10 bits per heavy atom. The summed E-state index contributed by atoms with van der Waals surface area (Å²) in [6.07, 6.45) is -0.629. The van der Waals surface area contributed by atoms with Gasteiger partial charge in [-0.2, -0.15) is 18.3 Å². The van der Waals surface area contributed by atoms with Crippen molar-refractivity contribution in [1.82, 2.24) is 24.7 Å². The number of rotatable bonds is 4. The van der Waals surface area contributed by atoms with Crippen LogP contribution in [0.3, 0.4) is 0 Å². The average molecular weight is 427 g/mol. The van der Waals surface area contributed by atoms with Crippen LogP contribution in [0, 0.1) is 6.92 Å². The maximum absolute atomic E-state index is 12.9. The highest BCUT2D eigenvalue weighted by molar-refractivity contribution is 6.04. The first-order valence-electron chi connectivity index (χ1n) is 9.07. The maximum atomic E-state index is 12.9. The minimum absolute atomic E-state index is 0.148. The van der Waals surface area contributed by atoms with E-state index in [-0.39, 0.29) is 5.56 Å². The van der Waals surface area contributed by atoms with Crippen LogP contribution >= 0.6 is 0 Å². The first kappa shape index (κ1) is 20.3. The third kappa shape index (κ3) is 4.15. The van der Waals surface area contributed by atoms with Crippen LogP contribution in [0.4, 0.5) is 30.4 Å². The molecule has 3 aromatic heterocycles. The summed E-state index contributed by atoms with van der Waals surface area (Å²) >= 11 is 0. The highest BCUT2D eigenvalue weighted by Crippen LogP contribution is 2.29. The molecule has 0 saturated carbocycles. The number of anilines is 3. The lowest BCUT2D eigenvalue weighted by molar-refractivity contribution is -0.141. The predicted octanol–water partition coefficient (Wildman–Crippen LogP) is 4.08. The third-order valence-electron chi connectivity index (χ3n) is 4.59. The molecule has 0 atom stereocenters. The first-order valence-corrected chi connectivity index (χ1v) is 9.07. The van der Waals surface area contributed by atoms with Crippen LogP contribution in [0.5, 0.6) is 0 Å². The number of aryl methyl sites for hydroxylation is 2. The monoisotopic (exact) mass is 427 g/mol. The Bertz CT molecular complexity index is 1280. The van der Waals surface area contributed by atoms with Crippen molar-refractivity contribution in [3.63, 3.8) is 0 Å². The Morgan fingerprint density at radius 2 is 1.90 bits per heavy atom. The standard InChI is InChI=1S/C20H16F3N7O/c1-11-3-4-13(28-19(31)12-5-6-24-16(7-12)20(21,22)23)8-15(11)29-17-14-9-27-30(2)18(14)26-10-25-17/h3-10H,1-2H3,(H,28,31)(H,25,26,29). The third-order valence-corrected chi connectivity index (χ3v) is 4.59. The molecule has 158 valence electrons. The summed E-state index contributed by atoms with van der Waals surface area (Å²) in [6, 6.07) is 7.03. The van der Waals surface area contributed by atoms with Crippen LogP contribution in [-0.4, -0.2) is 30.6 Å². The lowest BCUT2D eigenvalue weighted by Gasteiger charge is -2.13. The topological polar surface area (TPSA) is 97.6 Å². The highest BCUT2D eigenvalue weighted by atomic mass is 19.4. The van der Waals surface area contributed by atoms with Gasteiger partial charge in [0.25, 0.3) is 5.91 Å². The van der Waals surface area contributed by atoms with Crippen molar-refractivity contribution >= 4 is 34.1 Å². The molecule has 0 unspecified atom stereocenters. The number of fused-ring (bicyclic) bond motifs is 1. The van der Waals surface area contributed by atoms with E-state index >= 15 is 0 Å². The van der Waals surface area contributed by atoms with Crippen LogP contribution in [0.2, 0.25) is 0 Å². The van der Waals surface area contributed by atoms with Gasteiger partial charge in [0.1, 0.15) is 17.8 Å². The molecule has 0 radical (unpaired) electrons. The van der Waals surface area contributed by atoms with Gasteiger partial charge in [-0.3, -0.25) is 14.5 Å². The van der Waals surface area contributed by atoms with E-state index in [1.807, 2.05) is 6.92 Å². The number of hydrogen-bond acceptors (Lipinski definition) is 6. The lowest BCUT2D eigenvalue weighted by atomic mass is 10.1. The van der Waals surface area contributed by atoms with Gasteiger partial charge in [-0.1, -0.05) is 6.07 Å². The van der Waals surface area contributed by atoms with E-state index in [1.54, 1.807) is 36.1 Å². The Balaban J connectivity index is 1.59. The second-order valence-corrected chi connectivity index (χ2v) is 6.76. The summed E-state index contributed by atoms with van der Waals surface area (Å²) in [5, 5.41) is 10.7. The number of carbonyl (C=O) groups excluding carboxylic acids is 1. The van der Waals surface area contributed by atoms with Gasteiger partial charge in [-0.25, -0.2) is 9.97 Å². The predicted molar refractivity (Wildman–Crippen MR) is 108 cm³/mol. The summed E-state index contributed by atoms with van der Waals surface area (Å²) < 4.78 is 40.2. The fourth-order valence-electron chi connectivity index (χ4n) is 2.95. The van der Waals surface area contributed by atoms with Crippen LogP contribution in [-0.2, 0) is 13.2 Å². The second-order valence-electron chi connectivity index (χ2n) is 6.76. The molecule has 2 N–H and O–H groups in total. The van der Waals surface area contributed by atoms with E-state index < -0.39 is 17.8 Å². The average Bonchev–Trinajstić information content (AvgIpc) is 3.12. The van der Waals surface area contributed by atoms with Gasteiger partial charge in [0, 0.05) is 30.2 Å². The Morgan fingerprint density at radius 3 is 2.68 bits per heavy atom. The van der Waals surface area contributed by atoms with Crippen molar-refractivity contribution in [2.24, 2.45) is 7.05 Å². The Kier molecular flexibility index (Phi) is 5.01. The molecule has 31 heavy (non-hydrogen) atoms.